The Kier molecular flexibility index (Phi) is 5.44. The standard InChI is InChI=1S/C25H31N3O3/c1-31-19-10-9-16-3-2-4-21(20(16)15-19)27-11-13-28(14-12-27)25(26)22(23(29)17-5-6-17)24(30)18-7-8-18/h2-4,9-10,15,17-18,22,25H,5-8,11-14,26H2,1H3. The number of hydrogen-bond acceptors (Lipinski definition) is 6. The monoisotopic (exact) mass is 421 g/mol. The molecule has 1 atom stereocenters. The van der Waals surface area contributed by atoms with E-state index < -0.39 is 12.1 Å². The summed E-state index contributed by atoms with van der Waals surface area (Å²) < 4.78 is 5.43. The molecule has 2 aliphatic carbocycles. The normalized spacial score (nSPS) is 20.8. The highest BCUT2D eigenvalue weighted by molar-refractivity contribution is 6.06. The van der Waals surface area contributed by atoms with E-state index in [0.29, 0.717) is 0 Å². The Balaban J connectivity index is 1.31. The summed E-state index contributed by atoms with van der Waals surface area (Å²) in [6, 6.07) is 12.5. The molecular weight excluding hydrogens is 390 g/mol. The quantitative estimate of drug-likeness (QED) is 0.661. The Bertz CT molecular complexity index is 967. The predicted molar refractivity (Wildman–Crippen MR) is 121 cm³/mol. The third kappa shape index (κ3) is 4.06. The zero-order valence-electron chi connectivity index (χ0n) is 18.1. The highest BCUT2D eigenvalue weighted by Gasteiger charge is 2.47. The van der Waals surface area contributed by atoms with Crippen LogP contribution in [0.1, 0.15) is 25.7 Å². The van der Waals surface area contributed by atoms with Crippen LogP contribution in [0.2, 0.25) is 0 Å². The number of nitrogens with zero attached hydrogens (tertiary/aromatic N) is 2. The molecule has 1 heterocycles. The number of rotatable bonds is 8. The van der Waals surface area contributed by atoms with Gasteiger partial charge in [0.1, 0.15) is 23.2 Å². The lowest BCUT2D eigenvalue weighted by Gasteiger charge is -2.41. The van der Waals surface area contributed by atoms with Crippen LogP contribution >= 0.6 is 0 Å². The number of anilines is 1. The average Bonchev–Trinajstić information content (AvgIpc) is 3.71. The van der Waals surface area contributed by atoms with Crippen LogP contribution in [-0.2, 0) is 9.59 Å². The SMILES string of the molecule is COc1ccc2cccc(N3CCN(C(N)C(C(=O)C4CC4)C(=O)C4CC4)CC3)c2c1. The molecular formula is C25H31N3O3. The van der Waals surface area contributed by atoms with Crippen molar-refractivity contribution in [2.24, 2.45) is 23.5 Å². The molecule has 2 aromatic carbocycles. The van der Waals surface area contributed by atoms with Crippen LogP contribution in [0.25, 0.3) is 10.8 Å². The summed E-state index contributed by atoms with van der Waals surface area (Å²) in [7, 11) is 1.69. The van der Waals surface area contributed by atoms with Crippen LogP contribution in [0.4, 0.5) is 5.69 Å². The molecule has 0 amide bonds. The lowest BCUT2D eigenvalue weighted by atomic mass is 9.89. The lowest BCUT2D eigenvalue weighted by molar-refractivity contribution is -0.137. The lowest BCUT2D eigenvalue weighted by Crippen LogP contribution is -2.59. The Morgan fingerprint density at radius 3 is 2.19 bits per heavy atom. The summed E-state index contributed by atoms with van der Waals surface area (Å²) >= 11 is 0. The van der Waals surface area contributed by atoms with E-state index in [1.165, 1.54) is 16.5 Å². The first-order valence-electron chi connectivity index (χ1n) is 11.5. The second-order valence-corrected chi connectivity index (χ2v) is 9.21. The minimum atomic E-state index is -0.645. The smallest absolute Gasteiger partial charge is 0.149 e. The molecule has 0 spiro atoms. The van der Waals surface area contributed by atoms with Crippen molar-refractivity contribution in [2.75, 3.05) is 38.2 Å². The molecule has 0 radical (unpaired) electrons. The van der Waals surface area contributed by atoms with E-state index in [4.69, 9.17) is 10.5 Å². The van der Waals surface area contributed by atoms with Gasteiger partial charge < -0.3 is 15.4 Å². The fourth-order valence-electron chi connectivity index (χ4n) is 4.83. The highest BCUT2D eigenvalue weighted by Crippen LogP contribution is 2.39. The van der Waals surface area contributed by atoms with Gasteiger partial charge in [-0.05, 0) is 49.3 Å². The predicted octanol–water partition coefficient (Wildman–Crippen LogP) is 2.83. The van der Waals surface area contributed by atoms with Crippen LogP contribution < -0.4 is 15.4 Å². The van der Waals surface area contributed by atoms with Gasteiger partial charge in [0.25, 0.3) is 0 Å². The van der Waals surface area contributed by atoms with Gasteiger partial charge in [0.15, 0.2) is 0 Å². The number of benzene rings is 2. The molecule has 2 N–H and O–H groups in total. The van der Waals surface area contributed by atoms with Crippen molar-refractivity contribution in [3.8, 4) is 5.75 Å². The van der Waals surface area contributed by atoms with E-state index in [2.05, 4.69) is 40.1 Å². The number of hydrogen-bond donors (Lipinski definition) is 1. The molecule has 1 saturated heterocycles. The molecule has 5 rings (SSSR count). The highest BCUT2D eigenvalue weighted by atomic mass is 16.5. The molecule has 164 valence electrons. The molecule has 1 unspecified atom stereocenters. The van der Waals surface area contributed by atoms with Gasteiger partial charge >= 0.3 is 0 Å². The van der Waals surface area contributed by atoms with Crippen LogP contribution in [0, 0.1) is 17.8 Å². The average molecular weight is 422 g/mol. The third-order valence-corrected chi connectivity index (χ3v) is 7.06. The fraction of sp³-hybridized carbons (Fsp3) is 0.520. The number of ketones is 2. The maximum absolute atomic E-state index is 12.9. The Morgan fingerprint density at radius 1 is 0.968 bits per heavy atom. The van der Waals surface area contributed by atoms with Gasteiger partial charge in [-0.1, -0.05) is 18.2 Å². The fourth-order valence-corrected chi connectivity index (χ4v) is 4.83. The largest absolute Gasteiger partial charge is 0.497 e. The molecule has 0 bridgehead atoms. The molecule has 2 saturated carbocycles. The molecule has 3 fully saturated rings. The molecule has 1 aliphatic heterocycles. The number of ether oxygens (including phenoxy) is 1. The molecule has 6 nitrogen and oxygen atoms in total. The number of fused-ring (bicyclic) bond motifs is 1. The molecule has 0 aromatic heterocycles. The summed E-state index contributed by atoms with van der Waals surface area (Å²) in [6.45, 7) is 3.11. The molecule has 6 heteroatoms. The van der Waals surface area contributed by atoms with E-state index in [1.54, 1.807) is 7.11 Å². The number of methoxy groups -OCH3 is 1. The molecule has 2 aromatic rings. The zero-order valence-corrected chi connectivity index (χ0v) is 18.1. The Hall–Kier alpha value is -2.44. The van der Waals surface area contributed by atoms with Crippen molar-refractivity contribution in [1.29, 1.82) is 0 Å². The van der Waals surface area contributed by atoms with Crippen LogP contribution in [0.15, 0.2) is 36.4 Å². The van der Waals surface area contributed by atoms with E-state index in [9.17, 15) is 9.59 Å². The third-order valence-electron chi connectivity index (χ3n) is 7.06. The summed E-state index contributed by atoms with van der Waals surface area (Å²) in [5.41, 5.74) is 7.77. The van der Waals surface area contributed by atoms with E-state index in [1.807, 2.05) is 6.07 Å². The van der Waals surface area contributed by atoms with Crippen LogP contribution in [0.5, 0.6) is 5.75 Å². The summed E-state index contributed by atoms with van der Waals surface area (Å²) in [5, 5.41) is 2.35. The number of piperazine rings is 1. The van der Waals surface area contributed by atoms with Crippen LogP contribution in [-0.4, -0.2) is 55.9 Å². The van der Waals surface area contributed by atoms with Gasteiger partial charge in [-0.15, -0.1) is 0 Å². The second kappa shape index (κ2) is 8.24. The maximum atomic E-state index is 12.9. The number of Topliss-reactive ketones (excluding diaryl/α,β-unsaturated/α-hetero) is 2. The van der Waals surface area contributed by atoms with Crippen molar-refractivity contribution in [3.05, 3.63) is 36.4 Å². The van der Waals surface area contributed by atoms with Crippen molar-refractivity contribution >= 4 is 28.0 Å². The van der Waals surface area contributed by atoms with Gasteiger partial charge in [0.2, 0.25) is 0 Å². The summed E-state index contributed by atoms with van der Waals surface area (Å²) in [5.74, 6) is 0.506. The Morgan fingerprint density at radius 2 is 1.61 bits per heavy atom. The van der Waals surface area contributed by atoms with Gasteiger partial charge in [-0.2, -0.15) is 0 Å². The first-order chi connectivity index (χ1) is 15.1. The van der Waals surface area contributed by atoms with Crippen molar-refractivity contribution in [1.82, 2.24) is 4.90 Å². The topological polar surface area (TPSA) is 75.9 Å². The number of carbonyl (C=O) groups excluding carboxylic acids is 2. The van der Waals surface area contributed by atoms with Gasteiger partial charge in [-0.3, -0.25) is 14.5 Å². The Labute approximate surface area is 183 Å². The van der Waals surface area contributed by atoms with Crippen molar-refractivity contribution in [3.63, 3.8) is 0 Å². The molecule has 3 aliphatic rings. The second-order valence-electron chi connectivity index (χ2n) is 9.21. The van der Waals surface area contributed by atoms with E-state index in [0.717, 1.165) is 57.6 Å². The van der Waals surface area contributed by atoms with Crippen molar-refractivity contribution < 1.29 is 14.3 Å². The summed E-state index contributed by atoms with van der Waals surface area (Å²) in [4.78, 5) is 30.3. The van der Waals surface area contributed by atoms with Crippen molar-refractivity contribution in [2.45, 2.75) is 31.8 Å². The molecule has 31 heavy (non-hydrogen) atoms. The van der Waals surface area contributed by atoms with E-state index >= 15 is 0 Å². The minimum Gasteiger partial charge on any atom is -0.497 e. The van der Waals surface area contributed by atoms with Gasteiger partial charge in [0.05, 0.1) is 13.3 Å². The maximum Gasteiger partial charge on any atom is 0.149 e. The first-order valence-corrected chi connectivity index (χ1v) is 11.5. The first kappa shape index (κ1) is 20.5. The van der Waals surface area contributed by atoms with Gasteiger partial charge in [-0.25, -0.2) is 0 Å². The number of nitrogens with two attached hydrogens (primary N) is 1. The van der Waals surface area contributed by atoms with Gasteiger partial charge in [0, 0.05) is 49.1 Å². The van der Waals surface area contributed by atoms with E-state index in [-0.39, 0.29) is 23.4 Å². The van der Waals surface area contributed by atoms with Crippen LogP contribution in [0.3, 0.4) is 0 Å². The minimum absolute atomic E-state index is 0.0608. The summed E-state index contributed by atoms with van der Waals surface area (Å²) in [6.07, 6.45) is 3.16. The zero-order chi connectivity index (χ0) is 21.5. The number of carbonyl (C=O) groups is 2.